The summed E-state index contributed by atoms with van der Waals surface area (Å²) in [6.45, 7) is 3.46. The number of hydrogen-bond donors (Lipinski definition) is 1. The fourth-order valence-corrected chi connectivity index (χ4v) is 6.91. The van der Waals surface area contributed by atoms with Crippen LogP contribution in [0.25, 0.3) is 11.1 Å². The maximum absolute atomic E-state index is 9.69. The molecule has 1 saturated carbocycles. The molecule has 256 valence electrons. The van der Waals surface area contributed by atoms with E-state index in [1.807, 2.05) is 43.0 Å². The number of ether oxygens (including phenoxy) is 3. The molecular weight excluding hydrogens is 638 g/mol. The van der Waals surface area contributed by atoms with Crippen molar-refractivity contribution in [2.45, 2.75) is 76.4 Å². The molecule has 16 heteroatoms. The Labute approximate surface area is 288 Å². The third-order valence-corrected chi connectivity index (χ3v) is 9.55. The van der Waals surface area contributed by atoms with Crippen LogP contribution in [0.2, 0.25) is 0 Å². The fraction of sp³-hybridized carbons (Fsp3) is 0.412. The van der Waals surface area contributed by atoms with Gasteiger partial charge in [0.2, 0.25) is 5.95 Å². The normalized spacial score (nSPS) is 20.2. The summed E-state index contributed by atoms with van der Waals surface area (Å²) < 4.78 is 23.4. The van der Waals surface area contributed by atoms with Crippen LogP contribution < -0.4 is 14.8 Å². The number of nitrogens with zero attached hydrogens (tertiary/aromatic N) is 12. The predicted octanol–water partition coefficient (Wildman–Crippen LogP) is 4.15. The number of aryl methyl sites for hydroxylation is 1. The fourth-order valence-electron chi connectivity index (χ4n) is 6.91. The minimum atomic E-state index is -0.276. The average molecular weight is 676 g/mol. The molecule has 2 fully saturated rings. The third kappa shape index (κ3) is 6.53. The molecule has 2 atom stereocenters. The van der Waals surface area contributed by atoms with Crippen molar-refractivity contribution in [3.8, 4) is 28.8 Å². The van der Waals surface area contributed by atoms with Gasteiger partial charge in [0.05, 0.1) is 36.1 Å². The molecular formula is C34H37N13O3. The van der Waals surface area contributed by atoms with E-state index in [2.05, 4.69) is 53.1 Å². The zero-order valence-corrected chi connectivity index (χ0v) is 27.8. The van der Waals surface area contributed by atoms with Gasteiger partial charge in [-0.3, -0.25) is 9.36 Å². The highest BCUT2D eigenvalue weighted by atomic mass is 16.5. The van der Waals surface area contributed by atoms with Crippen LogP contribution in [0, 0.1) is 11.3 Å². The summed E-state index contributed by atoms with van der Waals surface area (Å²) in [7, 11) is 1.89. The Hall–Kier alpha value is -5.98. The van der Waals surface area contributed by atoms with Crippen molar-refractivity contribution in [3.05, 3.63) is 78.6 Å². The largest absolute Gasteiger partial charge is 0.494 e. The first-order valence-electron chi connectivity index (χ1n) is 16.8. The van der Waals surface area contributed by atoms with Gasteiger partial charge in [-0.15, -0.1) is 10.2 Å². The first-order valence-corrected chi connectivity index (χ1v) is 16.8. The molecule has 6 heterocycles. The van der Waals surface area contributed by atoms with Gasteiger partial charge in [-0.2, -0.15) is 10.4 Å². The van der Waals surface area contributed by atoms with Crippen molar-refractivity contribution in [1.29, 1.82) is 5.26 Å². The highest BCUT2D eigenvalue weighted by molar-refractivity contribution is 5.67. The van der Waals surface area contributed by atoms with Crippen molar-refractivity contribution < 1.29 is 14.2 Å². The maximum Gasteiger partial charge on any atom is 0.257 e. The number of nitriles is 1. The molecule has 5 aromatic rings. The van der Waals surface area contributed by atoms with Crippen LogP contribution in [0.5, 0.6) is 11.6 Å². The van der Waals surface area contributed by atoms with Crippen LogP contribution in [0.3, 0.4) is 0 Å². The lowest BCUT2D eigenvalue weighted by Gasteiger charge is -2.38. The summed E-state index contributed by atoms with van der Waals surface area (Å²) in [5, 5.41) is 33.4. The quantitative estimate of drug-likeness (QED) is 0.200. The van der Waals surface area contributed by atoms with Crippen LogP contribution in [0.1, 0.15) is 56.3 Å². The van der Waals surface area contributed by atoms with E-state index in [0.717, 1.165) is 61.3 Å². The molecule has 2 bridgehead atoms. The van der Waals surface area contributed by atoms with Gasteiger partial charge in [0, 0.05) is 49.9 Å². The van der Waals surface area contributed by atoms with E-state index in [0.29, 0.717) is 54.1 Å². The van der Waals surface area contributed by atoms with Crippen LogP contribution >= 0.6 is 0 Å². The number of aromatic nitrogens is 10. The molecule has 2 aliphatic heterocycles. The van der Waals surface area contributed by atoms with Gasteiger partial charge in [-0.25, -0.2) is 14.6 Å². The molecule has 1 aromatic carbocycles. The number of hydrogen-bond acceptors (Lipinski definition) is 13. The van der Waals surface area contributed by atoms with E-state index in [-0.39, 0.29) is 12.1 Å². The Morgan fingerprint density at radius 1 is 1.08 bits per heavy atom. The molecule has 16 nitrogen and oxygen atoms in total. The smallest absolute Gasteiger partial charge is 0.257 e. The third-order valence-electron chi connectivity index (χ3n) is 9.55. The van der Waals surface area contributed by atoms with E-state index in [1.54, 1.807) is 34.0 Å². The summed E-state index contributed by atoms with van der Waals surface area (Å²) in [6.07, 6.45) is 16.0. The van der Waals surface area contributed by atoms with Gasteiger partial charge in [0.25, 0.3) is 5.88 Å². The molecule has 0 amide bonds. The lowest BCUT2D eigenvalue weighted by Crippen LogP contribution is -2.41. The monoisotopic (exact) mass is 675 g/mol. The van der Waals surface area contributed by atoms with Crippen LogP contribution in [-0.2, 0) is 24.9 Å². The number of anilines is 2. The van der Waals surface area contributed by atoms with Gasteiger partial charge in [0.15, 0.2) is 0 Å². The summed E-state index contributed by atoms with van der Waals surface area (Å²) >= 11 is 0. The lowest BCUT2D eigenvalue weighted by molar-refractivity contribution is 0.106. The summed E-state index contributed by atoms with van der Waals surface area (Å²) in [4.78, 5) is 11.8. The highest BCUT2D eigenvalue weighted by Crippen LogP contribution is 2.39. The Morgan fingerprint density at radius 3 is 2.62 bits per heavy atom. The first-order chi connectivity index (χ1) is 24.5. The standard InChI is InChI=1S/C34H37N13O3/c1-22(16-45-21-38-42-43-45)50-32-11-23(3-4-24(32)13-35)25-14-36-34(37-15-25)40-31-18-47(41-33(31)49-19-28-9-10-39-44(28)2)27-7-5-26(6-8-27)46-17-30-12-29(46)20-48-30/h3-4,9-11,14-15,17-18,21-22,26-27,29H,5-8,12,16,19-20H2,1-2H3,(H,36,37,40)/t22-,26-,27-,29+/m0/s1. The first kappa shape index (κ1) is 31.3. The molecule has 50 heavy (non-hydrogen) atoms. The van der Waals surface area contributed by atoms with E-state index >= 15 is 0 Å². The van der Waals surface area contributed by atoms with Gasteiger partial charge >= 0.3 is 0 Å². The SMILES string of the molecule is C[C@@H](Cn1cnnn1)Oc1cc(-c2cnc(Nc3cn([C@H]4CC[C@H](N5C=C6C[C@@H]5CO6)CC4)nc3OCc3ccnn3C)nc2)ccc1C#N. The Balaban J connectivity index is 0.971. The van der Waals surface area contributed by atoms with Crippen molar-refractivity contribution in [2.75, 3.05) is 11.9 Å². The zero-order valence-electron chi connectivity index (χ0n) is 27.8. The van der Waals surface area contributed by atoms with Crippen molar-refractivity contribution >= 4 is 11.6 Å². The van der Waals surface area contributed by atoms with Crippen molar-refractivity contribution in [1.82, 2.24) is 54.6 Å². The van der Waals surface area contributed by atoms with Gasteiger partial charge in [-0.05, 0) is 66.8 Å². The Morgan fingerprint density at radius 2 is 1.92 bits per heavy atom. The van der Waals surface area contributed by atoms with Gasteiger partial charge in [0.1, 0.15) is 48.9 Å². The second-order valence-corrected chi connectivity index (χ2v) is 12.9. The molecule has 0 spiro atoms. The van der Waals surface area contributed by atoms with Gasteiger partial charge < -0.3 is 24.4 Å². The maximum atomic E-state index is 9.69. The van der Waals surface area contributed by atoms with E-state index < -0.39 is 0 Å². The minimum Gasteiger partial charge on any atom is -0.494 e. The van der Waals surface area contributed by atoms with E-state index in [9.17, 15) is 5.26 Å². The molecule has 1 aliphatic carbocycles. The highest BCUT2D eigenvalue weighted by Gasteiger charge is 2.38. The minimum absolute atomic E-state index is 0.260. The molecule has 4 aromatic heterocycles. The number of rotatable bonds is 12. The second-order valence-electron chi connectivity index (χ2n) is 12.9. The average Bonchev–Trinajstić information content (AvgIpc) is 3.99. The molecule has 8 rings (SSSR count). The Kier molecular flexibility index (Phi) is 8.45. The summed E-state index contributed by atoms with van der Waals surface area (Å²) in [5.74, 6) is 2.47. The van der Waals surface area contributed by atoms with Crippen LogP contribution in [0.4, 0.5) is 11.6 Å². The Bertz CT molecular complexity index is 2010. The summed E-state index contributed by atoms with van der Waals surface area (Å²) in [6, 6.07) is 10.8. The van der Waals surface area contributed by atoms with Gasteiger partial charge in [-0.1, -0.05) is 6.07 Å². The molecule has 1 saturated heterocycles. The molecule has 1 N–H and O–H groups in total. The second kappa shape index (κ2) is 13.5. The lowest BCUT2D eigenvalue weighted by atomic mass is 9.90. The molecule has 0 unspecified atom stereocenters. The number of tetrazole rings is 1. The molecule has 0 radical (unpaired) electrons. The predicted molar refractivity (Wildman–Crippen MR) is 179 cm³/mol. The topological polar surface area (TPSA) is 172 Å². The molecule has 3 aliphatic rings. The van der Waals surface area contributed by atoms with Crippen molar-refractivity contribution in [3.63, 3.8) is 0 Å². The number of fused-ring (bicyclic) bond motifs is 2. The van der Waals surface area contributed by atoms with E-state index in [1.165, 1.54) is 6.33 Å². The van der Waals surface area contributed by atoms with Crippen LogP contribution in [0.15, 0.2) is 67.3 Å². The number of nitrogens with one attached hydrogen (secondary N) is 1. The van der Waals surface area contributed by atoms with E-state index in [4.69, 9.17) is 19.3 Å². The zero-order chi connectivity index (χ0) is 34.0. The van der Waals surface area contributed by atoms with Crippen LogP contribution in [-0.4, -0.2) is 79.4 Å². The van der Waals surface area contributed by atoms with Crippen molar-refractivity contribution in [2.24, 2.45) is 7.05 Å². The summed E-state index contributed by atoms with van der Waals surface area (Å²) in [5.41, 5.74) is 3.63. The number of benzene rings is 1.